The lowest BCUT2D eigenvalue weighted by molar-refractivity contribution is -0.122. The summed E-state index contributed by atoms with van der Waals surface area (Å²) in [6.45, 7) is 1.71. The summed E-state index contributed by atoms with van der Waals surface area (Å²) >= 11 is 5.59. The number of carbonyl (C=O) groups excluding carboxylic acids is 3. The number of hydrogen-bond donors (Lipinski definition) is 1. The number of thiazole rings is 1. The lowest BCUT2D eigenvalue weighted by atomic mass is 9.82. The van der Waals surface area contributed by atoms with Gasteiger partial charge in [-0.05, 0) is 55.0 Å². The van der Waals surface area contributed by atoms with Gasteiger partial charge in [0.2, 0.25) is 17.7 Å². The molecule has 0 saturated carbocycles. The molecule has 1 fully saturated rings. The van der Waals surface area contributed by atoms with E-state index in [1.807, 2.05) is 43.3 Å². The Morgan fingerprint density at radius 1 is 1.00 bits per heavy atom. The molecule has 3 atom stereocenters. The lowest BCUT2D eigenvalue weighted by Crippen LogP contribution is -2.33. The van der Waals surface area contributed by atoms with Crippen molar-refractivity contribution in [2.45, 2.75) is 29.7 Å². The van der Waals surface area contributed by atoms with Crippen LogP contribution < -0.4 is 19.8 Å². The monoisotopic (exact) mass is 649 g/mol. The minimum atomic E-state index is -0.784. The number of rotatable bonds is 6. The topological polar surface area (TPSA) is 97.7 Å². The van der Waals surface area contributed by atoms with Crippen LogP contribution in [0.4, 0.5) is 11.4 Å². The fraction of sp³-hybridized carbons (Fsp3) is 0.200. The van der Waals surface area contributed by atoms with Gasteiger partial charge in [0.1, 0.15) is 17.5 Å². The van der Waals surface area contributed by atoms with Crippen molar-refractivity contribution in [2.75, 3.05) is 17.3 Å². The summed E-state index contributed by atoms with van der Waals surface area (Å²) in [5, 5.41) is 2.59. The standard InChI is InChI=1S/C30H24BrN3O5S2/c1-16-6-5-7-18(14-16)32-22(35)15-33-29-26(41-30(33)38)23(20-8-3-4-9-21(20)39-2)24-25(40-29)28(37)34(27(24)36)19-12-10-17(31)11-13-19/h3-14,23-25H,15H2,1-2H3,(H,32,35). The number of anilines is 2. The summed E-state index contributed by atoms with van der Waals surface area (Å²) < 4.78 is 7.90. The number of aryl methyl sites for hydroxylation is 1. The van der Waals surface area contributed by atoms with Gasteiger partial charge in [-0.2, -0.15) is 0 Å². The number of imide groups is 1. The van der Waals surface area contributed by atoms with Crippen LogP contribution in [0.2, 0.25) is 0 Å². The normalized spacial score (nSPS) is 19.6. The van der Waals surface area contributed by atoms with E-state index in [1.165, 1.54) is 21.2 Å². The molecule has 3 aromatic carbocycles. The molecule has 4 aromatic rings. The number of amides is 3. The summed E-state index contributed by atoms with van der Waals surface area (Å²) in [5.41, 5.74) is 2.82. The summed E-state index contributed by atoms with van der Waals surface area (Å²) in [5.74, 6) is -1.86. The number of para-hydroxylation sites is 1. The second-order valence-electron chi connectivity index (χ2n) is 9.81. The molecular formula is C30H24BrN3O5S2. The van der Waals surface area contributed by atoms with Crippen molar-refractivity contribution >= 4 is 68.1 Å². The highest BCUT2D eigenvalue weighted by atomic mass is 79.9. The van der Waals surface area contributed by atoms with Crippen LogP contribution in [0.5, 0.6) is 5.75 Å². The third-order valence-corrected chi connectivity index (χ3v) is 10.3. The Labute approximate surface area is 252 Å². The van der Waals surface area contributed by atoms with Gasteiger partial charge in [-0.1, -0.05) is 69.4 Å². The van der Waals surface area contributed by atoms with Gasteiger partial charge in [0, 0.05) is 26.5 Å². The molecule has 0 spiro atoms. The third-order valence-electron chi connectivity index (χ3n) is 7.21. The van der Waals surface area contributed by atoms with E-state index >= 15 is 0 Å². The fourth-order valence-corrected chi connectivity index (χ4v) is 8.45. The molecule has 0 radical (unpaired) electrons. The zero-order chi connectivity index (χ0) is 28.8. The maximum atomic E-state index is 14.0. The molecular weight excluding hydrogens is 626 g/mol. The van der Waals surface area contributed by atoms with Crippen molar-refractivity contribution in [3.05, 3.63) is 103 Å². The first-order chi connectivity index (χ1) is 19.8. The number of ether oxygens (including phenoxy) is 1. The minimum absolute atomic E-state index is 0.222. The van der Waals surface area contributed by atoms with Crippen molar-refractivity contribution < 1.29 is 19.1 Å². The quantitative estimate of drug-likeness (QED) is 0.280. The molecule has 6 rings (SSSR count). The van der Waals surface area contributed by atoms with E-state index in [-0.39, 0.29) is 29.1 Å². The van der Waals surface area contributed by atoms with Gasteiger partial charge in [0.05, 0.1) is 23.7 Å². The predicted molar refractivity (Wildman–Crippen MR) is 163 cm³/mol. The van der Waals surface area contributed by atoms with Crippen LogP contribution >= 0.6 is 39.0 Å². The molecule has 1 N–H and O–H groups in total. The summed E-state index contributed by atoms with van der Waals surface area (Å²) in [6.07, 6.45) is 0. The molecule has 2 aliphatic rings. The van der Waals surface area contributed by atoms with E-state index in [4.69, 9.17) is 4.74 Å². The molecule has 0 bridgehead atoms. The van der Waals surface area contributed by atoms with Crippen LogP contribution in [0.3, 0.4) is 0 Å². The highest BCUT2D eigenvalue weighted by molar-refractivity contribution is 9.10. The number of nitrogens with zero attached hydrogens (tertiary/aromatic N) is 2. The van der Waals surface area contributed by atoms with Gasteiger partial charge in [0.15, 0.2) is 0 Å². The van der Waals surface area contributed by atoms with Gasteiger partial charge in [0.25, 0.3) is 0 Å². The van der Waals surface area contributed by atoms with Crippen LogP contribution in [0.15, 0.2) is 87.1 Å². The maximum Gasteiger partial charge on any atom is 0.308 e. The molecule has 11 heteroatoms. The number of aromatic nitrogens is 1. The SMILES string of the molecule is COc1ccccc1C1c2sc(=O)n(CC(=O)Nc3cccc(C)c3)c2SC2C(=O)N(c3ccc(Br)cc3)C(=O)C21. The largest absolute Gasteiger partial charge is 0.496 e. The molecule has 3 heterocycles. The van der Waals surface area contributed by atoms with Crippen molar-refractivity contribution in [3.63, 3.8) is 0 Å². The maximum absolute atomic E-state index is 14.0. The number of thioether (sulfide) groups is 1. The van der Waals surface area contributed by atoms with Crippen LogP contribution in [0.25, 0.3) is 0 Å². The van der Waals surface area contributed by atoms with Crippen LogP contribution in [0, 0.1) is 12.8 Å². The average Bonchev–Trinajstić information content (AvgIpc) is 3.39. The molecule has 3 amide bonds. The fourth-order valence-electron chi connectivity index (χ4n) is 5.43. The zero-order valence-corrected chi connectivity index (χ0v) is 25.2. The molecule has 1 aromatic heterocycles. The third kappa shape index (κ3) is 4.92. The highest BCUT2D eigenvalue weighted by Gasteiger charge is 2.57. The average molecular weight is 651 g/mol. The smallest absolute Gasteiger partial charge is 0.308 e. The number of carbonyl (C=O) groups is 3. The molecule has 3 unspecified atom stereocenters. The lowest BCUT2D eigenvalue weighted by Gasteiger charge is -2.31. The van der Waals surface area contributed by atoms with Crippen molar-refractivity contribution in [2.24, 2.45) is 5.92 Å². The summed E-state index contributed by atoms with van der Waals surface area (Å²) in [6, 6.07) is 21.8. The molecule has 41 heavy (non-hydrogen) atoms. The van der Waals surface area contributed by atoms with Gasteiger partial charge in [-0.15, -0.1) is 0 Å². The second kappa shape index (κ2) is 11.0. The minimum Gasteiger partial charge on any atom is -0.496 e. The zero-order valence-electron chi connectivity index (χ0n) is 22.0. The number of halogens is 1. The summed E-state index contributed by atoms with van der Waals surface area (Å²) in [7, 11) is 1.55. The van der Waals surface area contributed by atoms with Gasteiger partial charge in [-0.3, -0.25) is 23.7 Å². The van der Waals surface area contributed by atoms with E-state index in [1.54, 1.807) is 43.5 Å². The summed E-state index contributed by atoms with van der Waals surface area (Å²) in [4.78, 5) is 55.9. The van der Waals surface area contributed by atoms with Crippen molar-refractivity contribution in [3.8, 4) is 5.75 Å². The van der Waals surface area contributed by atoms with Gasteiger partial charge < -0.3 is 10.1 Å². The molecule has 8 nitrogen and oxygen atoms in total. The Hall–Kier alpha value is -3.67. The van der Waals surface area contributed by atoms with Crippen LogP contribution in [-0.4, -0.2) is 34.6 Å². The Balaban J connectivity index is 1.43. The molecule has 208 valence electrons. The number of methoxy groups -OCH3 is 1. The Morgan fingerprint density at radius 3 is 2.49 bits per heavy atom. The number of nitrogens with one attached hydrogen (secondary N) is 1. The van der Waals surface area contributed by atoms with E-state index in [2.05, 4.69) is 21.2 Å². The molecule has 0 aliphatic carbocycles. The van der Waals surface area contributed by atoms with Crippen molar-refractivity contribution in [1.29, 1.82) is 0 Å². The second-order valence-corrected chi connectivity index (χ2v) is 12.9. The van der Waals surface area contributed by atoms with E-state index in [9.17, 15) is 19.2 Å². The Morgan fingerprint density at radius 2 is 1.76 bits per heavy atom. The predicted octanol–water partition coefficient (Wildman–Crippen LogP) is 5.42. The van der Waals surface area contributed by atoms with Gasteiger partial charge >= 0.3 is 4.87 Å². The van der Waals surface area contributed by atoms with Crippen molar-refractivity contribution in [1.82, 2.24) is 4.57 Å². The van der Waals surface area contributed by atoms with E-state index in [0.29, 0.717) is 32.6 Å². The number of fused-ring (bicyclic) bond motifs is 2. The first-order valence-electron chi connectivity index (χ1n) is 12.8. The van der Waals surface area contributed by atoms with E-state index in [0.717, 1.165) is 21.4 Å². The van der Waals surface area contributed by atoms with Crippen LogP contribution in [0.1, 0.15) is 21.9 Å². The Kier molecular flexibility index (Phi) is 7.35. The Bertz CT molecular complexity index is 1750. The molecule has 2 aliphatic heterocycles. The highest BCUT2D eigenvalue weighted by Crippen LogP contribution is 2.55. The first kappa shape index (κ1) is 27.5. The van der Waals surface area contributed by atoms with E-state index < -0.39 is 17.1 Å². The number of benzene rings is 3. The first-order valence-corrected chi connectivity index (χ1v) is 15.3. The van der Waals surface area contributed by atoms with Crippen LogP contribution in [-0.2, 0) is 20.9 Å². The molecule has 1 saturated heterocycles. The van der Waals surface area contributed by atoms with Gasteiger partial charge in [-0.25, -0.2) is 4.90 Å². The number of hydrogen-bond acceptors (Lipinski definition) is 7.